The van der Waals surface area contributed by atoms with Gasteiger partial charge in [-0.25, -0.2) is 8.42 Å². The van der Waals surface area contributed by atoms with Crippen LogP contribution in [0.1, 0.15) is 27.7 Å². The van der Waals surface area contributed by atoms with Gasteiger partial charge in [-0.2, -0.15) is 4.72 Å². The van der Waals surface area contributed by atoms with E-state index >= 15 is 0 Å². The van der Waals surface area contributed by atoms with Gasteiger partial charge >= 0.3 is 0 Å². The number of sulfonamides is 1. The second kappa shape index (κ2) is 7.30. The van der Waals surface area contributed by atoms with Crippen LogP contribution in [0.2, 0.25) is 0 Å². The van der Waals surface area contributed by atoms with Crippen molar-refractivity contribution in [2.75, 3.05) is 0 Å². The van der Waals surface area contributed by atoms with E-state index in [9.17, 15) is 8.42 Å². The maximum Gasteiger partial charge on any atom is 0.241 e. The maximum absolute atomic E-state index is 12.4. The fraction of sp³-hybridized carbons (Fsp3) is 0.300. The third-order valence-electron chi connectivity index (χ3n) is 3.47. The normalized spacial score (nSPS) is 12.0. The molecule has 0 aliphatic heterocycles. The molecule has 0 saturated carbocycles. The van der Waals surface area contributed by atoms with E-state index in [1.807, 2.05) is 38.1 Å². The molecule has 0 aliphatic carbocycles. The Hall–Kier alpha value is -2.29. The molecule has 0 amide bonds. The fourth-order valence-electron chi connectivity index (χ4n) is 2.25. The minimum absolute atomic E-state index is 0.120. The molecule has 0 fully saturated rings. The molecule has 2 aromatic rings. The molecule has 1 N–H and O–H groups in total. The standard InChI is InChI=1S/C20H23NO3S/c1-6-20(4,5)21-25(22,23)19-13-9-17(10-14-19)16-7-11-18(12-8-16)24-15(2)3/h1,7-15,21H,2-5H3. The summed E-state index contributed by atoms with van der Waals surface area (Å²) < 4.78 is 32.9. The van der Waals surface area contributed by atoms with Gasteiger partial charge in [-0.1, -0.05) is 30.2 Å². The van der Waals surface area contributed by atoms with Gasteiger partial charge in [-0.3, -0.25) is 0 Å². The van der Waals surface area contributed by atoms with Gasteiger partial charge in [0.05, 0.1) is 16.5 Å². The van der Waals surface area contributed by atoms with Gasteiger partial charge < -0.3 is 4.74 Å². The summed E-state index contributed by atoms with van der Waals surface area (Å²) in [5.41, 5.74) is 0.965. The number of rotatable bonds is 6. The molecule has 0 aromatic heterocycles. The molecule has 4 nitrogen and oxygen atoms in total. The Labute approximate surface area is 150 Å². The van der Waals surface area contributed by atoms with Crippen molar-refractivity contribution >= 4 is 10.0 Å². The SMILES string of the molecule is C#CC(C)(C)NS(=O)(=O)c1ccc(-c2ccc(OC(C)C)cc2)cc1. The van der Waals surface area contributed by atoms with E-state index < -0.39 is 15.6 Å². The van der Waals surface area contributed by atoms with Crippen molar-refractivity contribution in [3.63, 3.8) is 0 Å². The summed E-state index contributed by atoms with van der Waals surface area (Å²) in [7, 11) is -3.66. The highest BCUT2D eigenvalue weighted by Gasteiger charge is 2.24. The lowest BCUT2D eigenvalue weighted by Gasteiger charge is -2.19. The number of hydrogen-bond donors (Lipinski definition) is 1. The average molecular weight is 357 g/mol. The van der Waals surface area contributed by atoms with E-state index in [0.717, 1.165) is 16.9 Å². The Morgan fingerprint density at radius 2 is 1.48 bits per heavy atom. The molecule has 0 spiro atoms. The molecule has 2 aromatic carbocycles. The topological polar surface area (TPSA) is 55.4 Å². The molecule has 0 heterocycles. The largest absolute Gasteiger partial charge is 0.491 e. The van der Waals surface area contributed by atoms with Gasteiger partial charge in [0.15, 0.2) is 0 Å². The van der Waals surface area contributed by atoms with E-state index in [2.05, 4.69) is 10.6 Å². The van der Waals surface area contributed by atoms with E-state index in [-0.39, 0.29) is 11.0 Å². The predicted molar refractivity (Wildman–Crippen MR) is 101 cm³/mol. The van der Waals surface area contributed by atoms with Gasteiger partial charge in [0.2, 0.25) is 10.0 Å². The lowest BCUT2D eigenvalue weighted by atomic mass is 10.1. The predicted octanol–water partition coefficient (Wildman–Crippen LogP) is 3.83. The first-order valence-electron chi connectivity index (χ1n) is 8.02. The van der Waals surface area contributed by atoms with Gasteiger partial charge in [0.1, 0.15) is 5.75 Å². The fourth-order valence-corrected chi connectivity index (χ4v) is 3.59. The quantitative estimate of drug-likeness (QED) is 0.800. The molecular formula is C20H23NO3S. The molecule has 0 saturated heterocycles. The third-order valence-corrected chi connectivity index (χ3v) is 5.15. The summed E-state index contributed by atoms with van der Waals surface area (Å²) >= 11 is 0. The van der Waals surface area contributed by atoms with Crippen molar-refractivity contribution in [3.8, 4) is 29.2 Å². The van der Waals surface area contributed by atoms with Crippen LogP contribution in [0.25, 0.3) is 11.1 Å². The van der Waals surface area contributed by atoms with Crippen LogP contribution in [0.3, 0.4) is 0 Å². The van der Waals surface area contributed by atoms with Crippen molar-refractivity contribution in [1.29, 1.82) is 0 Å². The summed E-state index contributed by atoms with van der Waals surface area (Å²) in [5, 5.41) is 0. The molecule has 0 atom stereocenters. The van der Waals surface area contributed by atoms with Crippen LogP contribution in [0.4, 0.5) is 0 Å². The Morgan fingerprint density at radius 3 is 1.92 bits per heavy atom. The second-order valence-electron chi connectivity index (χ2n) is 6.59. The summed E-state index contributed by atoms with van der Waals surface area (Å²) in [4.78, 5) is 0.180. The second-order valence-corrected chi connectivity index (χ2v) is 8.27. The van der Waals surface area contributed by atoms with Gasteiger partial charge in [0.25, 0.3) is 0 Å². The smallest absolute Gasteiger partial charge is 0.241 e. The highest BCUT2D eigenvalue weighted by atomic mass is 32.2. The molecule has 0 aliphatic rings. The third kappa shape index (κ3) is 5.09. The minimum atomic E-state index is -3.66. The van der Waals surface area contributed by atoms with Gasteiger partial charge in [0, 0.05) is 0 Å². The Morgan fingerprint density at radius 1 is 1.00 bits per heavy atom. The molecule has 0 radical (unpaired) electrons. The first-order chi connectivity index (χ1) is 11.6. The minimum Gasteiger partial charge on any atom is -0.491 e. The molecule has 0 unspecified atom stereocenters. The van der Waals surface area contributed by atoms with Crippen molar-refractivity contribution in [2.24, 2.45) is 0 Å². The molecular weight excluding hydrogens is 334 g/mol. The molecule has 132 valence electrons. The summed E-state index contributed by atoms with van der Waals surface area (Å²) in [5.74, 6) is 3.23. The highest BCUT2D eigenvalue weighted by molar-refractivity contribution is 7.89. The molecule has 25 heavy (non-hydrogen) atoms. The molecule has 0 bridgehead atoms. The summed E-state index contributed by atoms with van der Waals surface area (Å²) in [6.45, 7) is 7.23. The van der Waals surface area contributed by atoms with Crippen molar-refractivity contribution in [2.45, 2.75) is 44.2 Å². The van der Waals surface area contributed by atoms with Crippen LogP contribution in [-0.4, -0.2) is 20.1 Å². The monoisotopic (exact) mass is 357 g/mol. The van der Waals surface area contributed by atoms with Crippen molar-refractivity contribution in [1.82, 2.24) is 4.72 Å². The number of benzene rings is 2. The van der Waals surface area contributed by atoms with E-state index in [0.29, 0.717) is 0 Å². The summed E-state index contributed by atoms with van der Waals surface area (Å²) in [6, 6.07) is 14.4. The average Bonchev–Trinajstić information content (AvgIpc) is 2.54. The van der Waals surface area contributed by atoms with E-state index in [1.54, 1.807) is 38.1 Å². The van der Waals surface area contributed by atoms with E-state index in [4.69, 9.17) is 11.2 Å². The lowest BCUT2D eigenvalue weighted by Crippen LogP contribution is -2.41. The Kier molecular flexibility index (Phi) is 5.56. The Bertz CT molecular complexity index is 859. The van der Waals surface area contributed by atoms with Crippen LogP contribution in [-0.2, 0) is 10.0 Å². The lowest BCUT2D eigenvalue weighted by molar-refractivity contribution is 0.242. The highest BCUT2D eigenvalue weighted by Crippen LogP contribution is 2.24. The number of nitrogens with one attached hydrogen (secondary N) is 1. The number of hydrogen-bond acceptors (Lipinski definition) is 3. The van der Waals surface area contributed by atoms with Crippen LogP contribution < -0.4 is 9.46 Å². The maximum atomic E-state index is 12.4. The van der Waals surface area contributed by atoms with Crippen molar-refractivity contribution in [3.05, 3.63) is 48.5 Å². The van der Waals surface area contributed by atoms with Crippen molar-refractivity contribution < 1.29 is 13.2 Å². The molecule has 5 heteroatoms. The Balaban J connectivity index is 2.21. The van der Waals surface area contributed by atoms with E-state index in [1.165, 1.54) is 0 Å². The van der Waals surface area contributed by atoms with Gasteiger partial charge in [-0.05, 0) is 63.1 Å². The van der Waals surface area contributed by atoms with Crippen LogP contribution in [0.15, 0.2) is 53.4 Å². The zero-order valence-electron chi connectivity index (χ0n) is 14.9. The number of ether oxygens (including phenoxy) is 1. The van der Waals surface area contributed by atoms with Crippen LogP contribution >= 0.6 is 0 Å². The van der Waals surface area contributed by atoms with Crippen LogP contribution in [0.5, 0.6) is 5.75 Å². The first-order valence-corrected chi connectivity index (χ1v) is 9.50. The first kappa shape index (κ1) is 19.0. The zero-order valence-corrected chi connectivity index (χ0v) is 15.7. The number of terminal acetylenes is 1. The zero-order chi connectivity index (χ0) is 18.7. The summed E-state index contributed by atoms with van der Waals surface area (Å²) in [6.07, 6.45) is 5.47. The molecule has 2 rings (SSSR count). The van der Waals surface area contributed by atoms with Gasteiger partial charge in [-0.15, -0.1) is 6.42 Å². The van der Waals surface area contributed by atoms with Crippen LogP contribution in [0, 0.1) is 12.3 Å².